The minimum atomic E-state index is -1.81. The highest BCUT2D eigenvalue weighted by Crippen LogP contribution is 2.26. The molecule has 0 aliphatic heterocycles. The van der Waals surface area contributed by atoms with Crippen molar-refractivity contribution in [3.05, 3.63) is 0 Å². The number of hydrogen-bond acceptors (Lipinski definition) is 6. The Morgan fingerprint density at radius 2 is 0.944 bits per heavy atom. The molecule has 0 heterocycles. The summed E-state index contributed by atoms with van der Waals surface area (Å²) in [7, 11) is 0. The lowest BCUT2D eigenvalue weighted by atomic mass is 9.92. The van der Waals surface area contributed by atoms with Gasteiger partial charge in [-0.15, -0.1) is 0 Å². The molecular weight excluding hydrogens is 240 g/mol. The van der Waals surface area contributed by atoms with E-state index in [-0.39, 0.29) is 0 Å². The van der Waals surface area contributed by atoms with Crippen molar-refractivity contribution in [2.24, 2.45) is 0 Å². The predicted octanol–water partition coefficient (Wildman–Crippen LogP) is -0.796. The average Bonchev–Trinajstić information content (AvgIpc) is 2.28. The van der Waals surface area contributed by atoms with Crippen LogP contribution in [0, 0.1) is 0 Å². The van der Waals surface area contributed by atoms with Gasteiger partial charge in [-0.1, -0.05) is 12.8 Å². The van der Waals surface area contributed by atoms with E-state index >= 15 is 0 Å². The summed E-state index contributed by atoms with van der Waals surface area (Å²) in [5.74, 6) is -3.61. The minimum absolute atomic E-state index is 0.300. The van der Waals surface area contributed by atoms with Crippen molar-refractivity contribution >= 4 is 0 Å². The van der Waals surface area contributed by atoms with E-state index in [2.05, 4.69) is 0 Å². The van der Waals surface area contributed by atoms with E-state index in [0.29, 0.717) is 25.7 Å². The molecule has 0 saturated heterocycles. The Kier molecular flexibility index (Phi) is 5.51. The molecule has 18 heavy (non-hydrogen) atoms. The van der Waals surface area contributed by atoms with E-state index in [0.717, 1.165) is 25.7 Å². The minimum Gasteiger partial charge on any atom is -0.388 e. The highest BCUT2D eigenvalue weighted by Gasteiger charge is 2.35. The van der Waals surface area contributed by atoms with Crippen LogP contribution >= 0.6 is 0 Å². The highest BCUT2D eigenvalue weighted by atomic mass is 16.5. The third-order valence-electron chi connectivity index (χ3n) is 3.61. The zero-order valence-electron chi connectivity index (χ0n) is 10.5. The standard InChI is InChI=1S/2C6H12O3/c2*7-5-3-1-2-4-6(5,8)9/h2*5,7-9H,1-4H2. The summed E-state index contributed by atoms with van der Waals surface area (Å²) in [4.78, 5) is 0. The molecule has 6 N–H and O–H groups in total. The summed E-state index contributed by atoms with van der Waals surface area (Å²) in [5, 5.41) is 53.7. The van der Waals surface area contributed by atoms with Gasteiger partial charge in [0.2, 0.25) is 0 Å². The number of aliphatic hydroxyl groups excluding tert-OH is 2. The Bertz CT molecular complexity index is 227. The molecule has 2 fully saturated rings. The largest absolute Gasteiger partial charge is 0.388 e. The molecule has 6 nitrogen and oxygen atoms in total. The van der Waals surface area contributed by atoms with Crippen LogP contribution in [0.2, 0.25) is 0 Å². The lowest BCUT2D eigenvalue weighted by Crippen LogP contribution is -2.44. The van der Waals surface area contributed by atoms with Crippen molar-refractivity contribution in [3.63, 3.8) is 0 Å². The first-order valence-corrected chi connectivity index (χ1v) is 6.51. The molecule has 6 heteroatoms. The lowest BCUT2D eigenvalue weighted by molar-refractivity contribution is -0.240. The highest BCUT2D eigenvalue weighted by molar-refractivity contribution is 4.80. The summed E-state index contributed by atoms with van der Waals surface area (Å²) >= 11 is 0. The summed E-state index contributed by atoms with van der Waals surface area (Å²) < 4.78 is 0. The van der Waals surface area contributed by atoms with Gasteiger partial charge in [0, 0.05) is 12.8 Å². The summed E-state index contributed by atoms with van der Waals surface area (Å²) in [6.45, 7) is 0. The van der Waals surface area contributed by atoms with Gasteiger partial charge in [0.1, 0.15) is 12.2 Å². The molecule has 0 bridgehead atoms. The molecule has 0 spiro atoms. The fourth-order valence-electron chi connectivity index (χ4n) is 2.24. The van der Waals surface area contributed by atoms with Gasteiger partial charge < -0.3 is 30.6 Å². The van der Waals surface area contributed by atoms with Crippen molar-refractivity contribution in [3.8, 4) is 0 Å². The average molecular weight is 264 g/mol. The molecule has 2 aliphatic rings. The van der Waals surface area contributed by atoms with E-state index in [4.69, 9.17) is 30.6 Å². The van der Waals surface area contributed by atoms with Gasteiger partial charge in [0.25, 0.3) is 0 Å². The van der Waals surface area contributed by atoms with E-state index in [1.807, 2.05) is 0 Å². The van der Waals surface area contributed by atoms with Crippen LogP contribution in [0.1, 0.15) is 51.4 Å². The Morgan fingerprint density at radius 1 is 0.611 bits per heavy atom. The van der Waals surface area contributed by atoms with Gasteiger partial charge >= 0.3 is 0 Å². The third kappa shape index (κ3) is 4.46. The van der Waals surface area contributed by atoms with E-state index in [1.54, 1.807) is 0 Å². The Morgan fingerprint density at radius 3 is 1.11 bits per heavy atom. The Balaban J connectivity index is 0.000000180. The van der Waals surface area contributed by atoms with Crippen LogP contribution in [0.15, 0.2) is 0 Å². The molecule has 0 radical (unpaired) electrons. The molecule has 2 saturated carbocycles. The Hall–Kier alpha value is -0.240. The van der Waals surface area contributed by atoms with E-state index in [9.17, 15) is 0 Å². The third-order valence-corrected chi connectivity index (χ3v) is 3.61. The molecule has 0 amide bonds. The number of rotatable bonds is 0. The van der Waals surface area contributed by atoms with Crippen molar-refractivity contribution in [1.82, 2.24) is 0 Å². The van der Waals surface area contributed by atoms with Gasteiger partial charge in [-0.3, -0.25) is 0 Å². The molecule has 2 aliphatic carbocycles. The van der Waals surface area contributed by atoms with Crippen LogP contribution in [0.3, 0.4) is 0 Å². The van der Waals surface area contributed by atoms with Crippen molar-refractivity contribution in [2.45, 2.75) is 75.1 Å². The lowest BCUT2D eigenvalue weighted by Gasteiger charge is -2.31. The fourth-order valence-corrected chi connectivity index (χ4v) is 2.24. The maximum atomic E-state index is 8.95. The van der Waals surface area contributed by atoms with Crippen LogP contribution in [0.5, 0.6) is 0 Å². The zero-order valence-corrected chi connectivity index (χ0v) is 10.5. The fraction of sp³-hybridized carbons (Fsp3) is 1.00. The first kappa shape index (κ1) is 15.8. The van der Waals surface area contributed by atoms with E-state index in [1.165, 1.54) is 0 Å². The van der Waals surface area contributed by atoms with Crippen molar-refractivity contribution in [1.29, 1.82) is 0 Å². The molecule has 2 rings (SSSR count). The normalized spacial score (nSPS) is 34.3. The van der Waals surface area contributed by atoms with Crippen LogP contribution in [0.4, 0.5) is 0 Å². The Labute approximate surface area is 107 Å². The zero-order chi connectivity index (χ0) is 13.8. The summed E-state index contributed by atoms with van der Waals surface area (Å²) in [6.07, 6.45) is 3.11. The van der Waals surface area contributed by atoms with Crippen molar-refractivity contribution < 1.29 is 30.6 Å². The van der Waals surface area contributed by atoms with Gasteiger partial charge in [0.05, 0.1) is 0 Å². The number of hydrogen-bond donors (Lipinski definition) is 6. The van der Waals surface area contributed by atoms with Crippen molar-refractivity contribution in [2.75, 3.05) is 0 Å². The topological polar surface area (TPSA) is 121 Å². The molecular formula is C12H24O6. The van der Waals surface area contributed by atoms with Crippen LogP contribution < -0.4 is 0 Å². The van der Waals surface area contributed by atoms with Gasteiger partial charge in [-0.25, -0.2) is 0 Å². The summed E-state index contributed by atoms with van der Waals surface area (Å²) in [5.41, 5.74) is 0. The second kappa shape index (κ2) is 6.27. The predicted molar refractivity (Wildman–Crippen MR) is 63.3 cm³/mol. The smallest absolute Gasteiger partial charge is 0.189 e. The second-order valence-electron chi connectivity index (χ2n) is 5.28. The first-order chi connectivity index (χ1) is 8.26. The number of aliphatic hydroxyl groups is 6. The van der Waals surface area contributed by atoms with Crippen LogP contribution in [-0.4, -0.2) is 54.4 Å². The van der Waals surface area contributed by atoms with Crippen LogP contribution in [0.25, 0.3) is 0 Å². The maximum Gasteiger partial charge on any atom is 0.189 e. The van der Waals surface area contributed by atoms with Gasteiger partial charge in [-0.05, 0) is 25.7 Å². The van der Waals surface area contributed by atoms with Crippen LogP contribution in [-0.2, 0) is 0 Å². The second-order valence-corrected chi connectivity index (χ2v) is 5.28. The van der Waals surface area contributed by atoms with E-state index < -0.39 is 23.8 Å². The molecule has 2 atom stereocenters. The van der Waals surface area contributed by atoms with Gasteiger partial charge in [-0.2, -0.15) is 0 Å². The molecule has 2 unspecified atom stereocenters. The summed E-state index contributed by atoms with van der Waals surface area (Å²) in [6, 6.07) is 0. The maximum absolute atomic E-state index is 8.95. The quantitative estimate of drug-likeness (QED) is 0.319. The first-order valence-electron chi connectivity index (χ1n) is 6.51. The monoisotopic (exact) mass is 264 g/mol. The SMILES string of the molecule is OC1CCCCC1(O)O.OC1CCCCC1(O)O. The molecule has 0 aromatic heterocycles. The van der Waals surface area contributed by atoms with Gasteiger partial charge in [0.15, 0.2) is 11.6 Å². The molecule has 0 aromatic carbocycles. The molecule has 108 valence electrons. The molecule has 0 aromatic rings.